The second kappa shape index (κ2) is 7.61. The van der Waals surface area contributed by atoms with Crippen molar-refractivity contribution in [3.8, 4) is 23.3 Å². The van der Waals surface area contributed by atoms with Crippen molar-refractivity contribution in [2.75, 3.05) is 27.4 Å². The normalized spacial score (nSPS) is 13.2. The van der Waals surface area contributed by atoms with Crippen LogP contribution in [0.5, 0.6) is 17.2 Å². The fourth-order valence-corrected chi connectivity index (χ4v) is 1.81. The number of nitriles is 1. The van der Waals surface area contributed by atoms with Gasteiger partial charge in [-0.05, 0) is 13.5 Å². The minimum absolute atomic E-state index is 0.438. The molecular formula is C15H22N2O3. The molecule has 1 N–H and O–H groups in total. The van der Waals surface area contributed by atoms with Crippen molar-refractivity contribution in [3.05, 3.63) is 18.2 Å². The lowest BCUT2D eigenvalue weighted by Gasteiger charge is -2.22. The van der Waals surface area contributed by atoms with Gasteiger partial charge in [-0.15, -0.1) is 0 Å². The minimum atomic E-state index is -0.572. The number of rotatable bonds is 8. The van der Waals surface area contributed by atoms with Crippen LogP contribution in [0.3, 0.4) is 0 Å². The van der Waals surface area contributed by atoms with Crippen LogP contribution >= 0.6 is 0 Å². The van der Waals surface area contributed by atoms with Gasteiger partial charge in [-0.3, -0.25) is 5.32 Å². The zero-order valence-corrected chi connectivity index (χ0v) is 12.5. The van der Waals surface area contributed by atoms with E-state index in [2.05, 4.69) is 11.4 Å². The third-order valence-electron chi connectivity index (χ3n) is 3.01. The van der Waals surface area contributed by atoms with Gasteiger partial charge < -0.3 is 14.2 Å². The van der Waals surface area contributed by atoms with Crippen LogP contribution in [-0.2, 0) is 0 Å². The van der Waals surface area contributed by atoms with E-state index in [1.165, 1.54) is 0 Å². The van der Waals surface area contributed by atoms with Gasteiger partial charge in [-0.1, -0.05) is 6.92 Å². The van der Waals surface area contributed by atoms with Gasteiger partial charge in [0.25, 0.3) is 0 Å². The van der Waals surface area contributed by atoms with Crippen LogP contribution in [0, 0.1) is 11.3 Å². The summed E-state index contributed by atoms with van der Waals surface area (Å²) in [6.07, 6.45) is 0.594. The Bertz CT molecular complexity index is 448. The molecule has 1 rings (SSSR count). The molecule has 5 nitrogen and oxygen atoms in total. The van der Waals surface area contributed by atoms with Crippen molar-refractivity contribution in [2.24, 2.45) is 0 Å². The van der Waals surface area contributed by atoms with Gasteiger partial charge in [-0.25, -0.2) is 0 Å². The molecular weight excluding hydrogens is 256 g/mol. The summed E-state index contributed by atoms with van der Waals surface area (Å²) in [6, 6.07) is 7.64. The Morgan fingerprint density at radius 1 is 1.15 bits per heavy atom. The van der Waals surface area contributed by atoms with Gasteiger partial charge in [0.15, 0.2) is 0 Å². The third-order valence-corrected chi connectivity index (χ3v) is 3.01. The van der Waals surface area contributed by atoms with Crippen molar-refractivity contribution in [1.29, 1.82) is 5.26 Å². The Kier molecular flexibility index (Phi) is 6.13. The Balaban J connectivity index is 2.64. The molecule has 1 atom stereocenters. The van der Waals surface area contributed by atoms with Gasteiger partial charge in [0.05, 0.1) is 26.9 Å². The molecule has 1 aromatic carbocycles. The summed E-state index contributed by atoms with van der Waals surface area (Å²) in [5.41, 5.74) is -0.572. The maximum absolute atomic E-state index is 9.17. The molecule has 0 saturated carbocycles. The molecule has 1 aromatic rings. The van der Waals surface area contributed by atoms with Gasteiger partial charge in [0.2, 0.25) is 0 Å². The summed E-state index contributed by atoms with van der Waals surface area (Å²) in [7, 11) is 3.19. The smallest absolute Gasteiger partial charge is 0.126 e. The Labute approximate surface area is 120 Å². The van der Waals surface area contributed by atoms with Crippen LogP contribution < -0.4 is 19.5 Å². The lowest BCUT2D eigenvalue weighted by molar-refractivity contribution is 0.266. The van der Waals surface area contributed by atoms with Gasteiger partial charge in [0, 0.05) is 24.6 Å². The Morgan fingerprint density at radius 2 is 1.70 bits per heavy atom. The highest BCUT2D eigenvalue weighted by Crippen LogP contribution is 2.27. The van der Waals surface area contributed by atoms with E-state index in [-0.39, 0.29) is 0 Å². The Morgan fingerprint density at radius 3 is 2.15 bits per heavy atom. The van der Waals surface area contributed by atoms with E-state index in [1.54, 1.807) is 32.4 Å². The predicted octanol–water partition coefficient (Wildman–Crippen LogP) is 2.36. The minimum Gasteiger partial charge on any atom is -0.496 e. The maximum Gasteiger partial charge on any atom is 0.126 e. The molecule has 5 heteroatoms. The van der Waals surface area contributed by atoms with Crippen LogP contribution in [0.25, 0.3) is 0 Å². The summed E-state index contributed by atoms with van der Waals surface area (Å²) in [5.74, 6) is 2.01. The average Bonchev–Trinajstić information content (AvgIpc) is 2.47. The molecule has 0 fully saturated rings. The van der Waals surface area contributed by atoms with E-state index in [4.69, 9.17) is 19.5 Å². The first kappa shape index (κ1) is 16.1. The van der Waals surface area contributed by atoms with E-state index in [0.29, 0.717) is 30.3 Å². The highest BCUT2D eigenvalue weighted by molar-refractivity contribution is 5.42. The number of nitrogens with one attached hydrogen (secondary N) is 1. The van der Waals surface area contributed by atoms with E-state index < -0.39 is 5.54 Å². The SMILES string of the molecule is CCNC(C)(C#N)CCOc1cc(OC)cc(OC)c1. The van der Waals surface area contributed by atoms with Crippen molar-refractivity contribution in [1.82, 2.24) is 5.32 Å². The number of methoxy groups -OCH3 is 2. The summed E-state index contributed by atoms with van der Waals surface area (Å²) in [6.45, 7) is 5.03. The van der Waals surface area contributed by atoms with Gasteiger partial charge in [-0.2, -0.15) is 5.26 Å². The number of hydrogen-bond donors (Lipinski definition) is 1. The summed E-state index contributed by atoms with van der Waals surface area (Å²) in [4.78, 5) is 0. The lowest BCUT2D eigenvalue weighted by atomic mass is 10.0. The van der Waals surface area contributed by atoms with E-state index in [0.717, 1.165) is 6.54 Å². The van der Waals surface area contributed by atoms with Crippen molar-refractivity contribution in [2.45, 2.75) is 25.8 Å². The monoisotopic (exact) mass is 278 g/mol. The fraction of sp³-hybridized carbons (Fsp3) is 0.533. The van der Waals surface area contributed by atoms with Crippen LogP contribution in [0.4, 0.5) is 0 Å². The van der Waals surface area contributed by atoms with Crippen molar-refractivity contribution < 1.29 is 14.2 Å². The molecule has 0 bridgehead atoms. The molecule has 110 valence electrons. The molecule has 0 saturated heterocycles. The second-order valence-corrected chi connectivity index (χ2v) is 4.62. The largest absolute Gasteiger partial charge is 0.496 e. The molecule has 0 spiro atoms. The first-order chi connectivity index (χ1) is 9.56. The zero-order valence-electron chi connectivity index (χ0n) is 12.5. The highest BCUT2D eigenvalue weighted by Gasteiger charge is 2.22. The molecule has 0 aliphatic carbocycles. The standard InChI is InChI=1S/C15H22N2O3/c1-5-17-15(2,11-16)6-7-20-14-9-12(18-3)8-13(10-14)19-4/h8-10,17H,5-7H2,1-4H3. The number of ether oxygens (including phenoxy) is 3. The fourth-order valence-electron chi connectivity index (χ4n) is 1.81. The molecule has 0 radical (unpaired) electrons. The van der Waals surface area contributed by atoms with Gasteiger partial charge in [0.1, 0.15) is 22.8 Å². The van der Waals surface area contributed by atoms with E-state index in [9.17, 15) is 0 Å². The summed E-state index contributed by atoms with van der Waals surface area (Å²) < 4.78 is 16.0. The van der Waals surface area contributed by atoms with E-state index in [1.807, 2.05) is 13.8 Å². The highest BCUT2D eigenvalue weighted by atomic mass is 16.5. The Hall–Kier alpha value is -1.93. The molecule has 0 aromatic heterocycles. The van der Waals surface area contributed by atoms with Crippen LogP contribution in [-0.4, -0.2) is 32.9 Å². The maximum atomic E-state index is 9.17. The topological polar surface area (TPSA) is 63.5 Å². The van der Waals surface area contributed by atoms with Crippen molar-refractivity contribution >= 4 is 0 Å². The molecule has 1 unspecified atom stereocenters. The third kappa shape index (κ3) is 4.63. The molecule has 20 heavy (non-hydrogen) atoms. The van der Waals surface area contributed by atoms with Gasteiger partial charge >= 0.3 is 0 Å². The molecule has 0 aliphatic heterocycles. The first-order valence-electron chi connectivity index (χ1n) is 6.59. The first-order valence-corrected chi connectivity index (χ1v) is 6.59. The van der Waals surface area contributed by atoms with Crippen molar-refractivity contribution in [3.63, 3.8) is 0 Å². The molecule has 0 amide bonds. The van der Waals surface area contributed by atoms with Crippen LogP contribution in [0.1, 0.15) is 20.3 Å². The number of nitrogens with zero attached hydrogens (tertiary/aromatic N) is 1. The molecule has 0 aliphatic rings. The predicted molar refractivity (Wildman–Crippen MR) is 77.4 cm³/mol. The van der Waals surface area contributed by atoms with Crippen LogP contribution in [0.15, 0.2) is 18.2 Å². The number of hydrogen-bond acceptors (Lipinski definition) is 5. The summed E-state index contributed by atoms with van der Waals surface area (Å²) in [5, 5.41) is 12.3. The van der Waals surface area contributed by atoms with Crippen LogP contribution in [0.2, 0.25) is 0 Å². The lowest BCUT2D eigenvalue weighted by Crippen LogP contribution is -2.42. The zero-order chi connectivity index (χ0) is 15.0. The van der Waals surface area contributed by atoms with E-state index >= 15 is 0 Å². The average molecular weight is 278 g/mol. The number of benzene rings is 1. The quantitative estimate of drug-likeness (QED) is 0.791. The summed E-state index contributed by atoms with van der Waals surface area (Å²) >= 11 is 0. The molecule has 0 heterocycles. The second-order valence-electron chi connectivity index (χ2n) is 4.62.